The van der Waals surface area contributed by atoms with E-state index in [4.69, 9.17) is 9.47 Å². The molecule has 0 atom stereocenters. The summed E-state index contributed by atoms with van der Waals surface area (Å²) in [4.78, 5) is 17.9. The van der Waals surface area contributed by atoms with Crippen LogP contribution in [0.5, 0.6) is 0 Å². The van der Waals surface area contributed by atoms with Crippen LogP contribution in [-0.4, -0.2) is 69.3 Å². The van der Waals surface area contributed by atoms with Gasteiger partial charge in [0, 0.05) is 39.8 Å². The number of nitrogens with zero attached hydrogens (tertiary/aromatic N) is 2. The molecule has 2 aromatic carbocycles. The fraction of sp³-hybridized carbons (Fsp3) is 0.409. The summed E-state index contributed by atoms with van der Waals surface area (Å²) < 4.78 is 11.6. The van der Waals surface area contributed by atoms with Crippen LogP contribution in [-0.2, 0) is 19.9 Å². The molecule has 1 fully saturated rings. The van der Waals surface area contributed by atoms with Crippen molar-refractivity contribution in [1.82, 2.24) is 9.80 Å². The van der Waals surface area contributed by atoms with Gasteiger partial charge in [0.1, 0.15) is 6.61 Å². The summed E-state index contributed by atoms with van der Waals surface area (Å²) in [5.41, 5.74) is 0.275. The van der Waals surface area contributed by atoms with Gasteiger partial charge in [-0.2, -0.15) is 0 Å². The predicted octanol–water partition coefficient (Wildman–Crippen LogP) is 2.37. The Morgan fingerprint density at radius 3 is 1.93 bits per heavy atom. The van der Waals surface area contributed by atoms with Gasteiger partial charge >= 0.3 is 5.97 Å². The molecule has 1 aliphatic heterocycles. The molecule has 0 bridgehead atoms. The van der Waals surface area contributed by atoms with E-state index in [1.165, 1.54) is 0 Å². The number of likely N-dealkylation sites (N-methyl/N-ethyl adjacent to an activating group) is 1. The molecule has 0 spiro atoms. The van der Waals surface area contributed by atoms with E-state index in [1.807, 2.05) is 60.7 Å². The van der Waals surface area contributed by atoms with Crippen molar-refractivity contribution in [2.24, 2.45) is 0 Å². The molecule has 1 aliphatic rings. The molecule has 2 aromatic rings. The summed E-state index contributed by atoms with van der Waals surface area (Å²) in [6.45, 7) is 5.19. The highest BCUT2D eigenvalue weighted by atomic mass is 16.6. The Balaban J connectivity index is 1.75. The number of carbonyl (C=O) groups excluding carboxylic acids is 1. The molecule has 0 unspecified atom stereocenters. The molecule has 3 rings (SSSR count). The average molecular weight is 368 g/mol. The minimum Gasteiger partial charge on any atom is -0.462 e. The number of esters is 1. The number of hydrogen-bond donors (Lipinski definition) is 0. The van der Waals surface area contributed by atoms with E-state index in [2.05, 4.69) is 16.8 Å². The van der Waals surface area contributed by atoms with E-state index in [0.29, 0.717) is 6.61 Å². The van der Waals surface area contributed by atoms with Crippen LogP contribution in [0.15, 0.2) is 60.7 Å². The second-order valence-electron chi connectivity index (χ2n) is 6.90. The Kier molecular flexibility index (Phi) is 6.61. The summed E-state index contributed by atoms with van der Waals surface area (Å²) in [5, 5.41) is 0. The molecule has 27 heavy (non-hydrogen) atoms. The van der Waals surface area contributed by atoms with Gasteiger partial charge in [-0.15, -0.1) is 0 Å². The second kappa shape index (κ2) is 9.13. The topological polar surface area (TPSA) is 42.0 Å². The predicted molar refractivity (Wildman–Crippen MR) is 106 cm³/mol. The number of carbonyl (C=O) groups is 1. The Morgan fingerprint density at radius 2 is 1.44 bits per heavy atom. The maximum atomic E-state index is 13.2. The van der Waals surface area contributed by atoms with Gasteiger partial charge in [0.15, 0.2) is 0 Å². The lowest BCUT2D eigenvalue weighted by Gasteiger charge is -2.33. The first-order valence-corrected chi connectivity index (χ1v) is 9.41. The van der Waals surface area contributed by atoms with E-state index in [0.717, 1.165) is 43.9 Å². The van der Waals surface area contributed by atoms with Crippen LogP contribution in [0.25, 0.3) is 0 Å². The third-order valence-electron chi connectivity index (χ3n) is 5.19. The Bertz CT molecular complexity index is 673. The molecule has 1 saturated heterocycles. The molecule has 0 N–H and O–H groups in total. The van der Waals surface area contributed by atoms with E-state index >= 15 is 0 Å². The van der Waals surface area contributed by atoms with Crippen LogP contribution < -0.4 is 0 Å². The first kappa shape index (κ1) is 19.5. The summed E-state index contributed by atoms with van der Waals surface area (Å²) in [5.74, 6) is -0.378. The number of ether oxygens (including phenoxy) is 2. The normalized spacial score (nSPS) is 16.2. The van der Waals surface area contributed by atoms with Crippen molar-refractivity contribution in [3.8, 4) is 0 Å². The number of rotatable bonds is 7. The lowest BCUT2D eigenvalue weighted by molar-refractivity contribution is -0.166. The third-order valence-corrected chi connectivity index (χ3v) is 5.19. The zero-order valence-electron chi connectivity index (χ0n) is 16.1. The lowest BCUT2D eigenvalue weighted by atomic mass is 9.86. The second-order valence-corrected chi connectivity index (χ2v) is 6.90. The van der Waals surface area contributed by atoms with Crippen molar-refractivity contribution in [3.05, 3.63) is 71.8 Å². The molecule has 0 aliphatic carbocycles. The van der Waals surface area contributed by atoms with E-state index in [1.54, 1.807) is 7.11 Å². The lowest BCUT2D eigenvalue weighted by Crippen LogP contribution is -2.46. The van der Waals surface area contributed by atoms with Crippen LogP contribution >= 0.6 is 0 Å². The SMILES string of the molecule is COC(C(=O)OCCN1CCN(C)CC1)(c1ccccc1)c1ccccc1. The third kappa shape index (κ3) is 4.38. The maximum Gasteiger partial charge on any atom is 0.347 e. The first-order chi connectivity index (χ1) is 13.2. The van der Waals surface area contributed by atoms with Crippen LogP contribution in [0, 0.1) is 0 Å². The standard InChI is InChI=1S/C22H28N2O3/c1-23-13-15-24(16-14-23)17-18-27-21(25)22(26-2,19-9-5-3-6-10-19)20-11-7-4-8-12-20/h3-12H,13-18H2,1-2H3. The van der Waals surface area contributed by atoms with Crippen molar-refractivity contribution in [2.75, 3.05) is 53.5 Å². The van der Waals surface area contributed by atoms with Gasteiger partial charge in [0.25, 0.3) is 0 Å². The number of piperazine rings is 1. The molecule has 5 nitrogen and oxygen atoms in total. The van der Waals surface area contributed by atoms with Crippen molar-refractivity contribution in [2.45, 2.75) is 5.60 Å². The highest BCUT2D eigenvalue weighted by Gasteiger charge is 2.44. The number of hydrogen-bond acceptors (Lipinski definition) is 5. The molecule has 0 saturated carbocycles. The molecule has 1 heterocycles. The first-order valence-electron chi connectivity index (χ1n) is 9.41. The minimum absolute atomic E-state index is 0.354. The maximum absolute atomic E-state index is 13.2. The van der Waals surface area contributed by atoms with Crippen molar-refractivity contribution in [1.29, 1.82) is 0 Å². The van der Waals surface area contributed by atoms with Gasteiger partial charge in [-0.25, -0.2) is 4.79 Å². The van der Waals surface area contributed by atoms with Gasteiger partial charge in [-0.1, -0.05) is 60.7 Å². The molecular weight excluding hydrogens is 340 g/mol. The minimum atomic E-state index is -1.26. The summed E-state index contributed by atoms with van der Waals surface area (Å²) in [7, 11) is 3.69. The van der Waals surface area contributed by atoms with Crippen LogP contribution in [0.4, 0.5) is 0 Å². The molecule has 0 amide bonds. The van der Waals surface area contributed by atoms with Gasteiger partial charge in [0.2, 0.25) is 5.60 Å². The van der Waals surface area contributed by atoms with Crippen LogP contribution in [0.2, 0.25) is 0 Å². The molecular formula is C22H28N2O3. The van der Waals surface area contributed by atoms with Gasteiger partial charge in [-0.3, -0.25) is 4.90 Å². The van der Waals surface area contributed by atoms with Crippen molar-refractivity contribution >= 4 is 5.97 Å². The Labute approximate surface area is 161 Å². The fourth-order valence-electron chi connectivity index (χ4n) is 3.51. The smallest absolute Gasteiger partial charge is 0.347 e. The molecule has 144 valence electrons. The van der Waals surface area contributed by atoms with Crippen LogP contribution in [0.3, 0.4) is 0 Å². The van der Waals surface area contributed by atoms with E-state index in [9.17, 15) is 4.79 Å². The van der Waals surface area contributed by atoms with Gasteiger partial charge in [0.05, 0.1) is 0 Å². The Hall–Kier alpha value is -2.21. The number of methoxy groups -OCH3 is 1. The molecule has 0 aromatic heterocycles. The summed E-state index contributed by atoms with van der Waals surface area (Å²) in [6.07, 6.45) is 0. The Morgan fingerprint density at radius 1 is 0.926 bits per heavy atom. The van der Waals surface area contributed by atoms with Gasteiger partial charge in [-0.05, 0) is 18.2 Å². The van der Waals surface area contributed by atoms with Crippen molar-refractivity contribution < 1.29 is 14.3 Å². The summed E-state index contributed by atoms with van der Waals surface area (Å²) in [6, 6.07) is 19.1. The van der Waals surface area contributed by atoms with Crippen molar-refractivity contribution in [3.63, 3.8) is 0 Å². The number of benzene rings is 2. The fourth-order valence-corrected chi connectivity index (χ4v) is 3.51. The zero-order chi connectivity index (χ0) is 19.1. The highest BCUT2D eigenvalue weighted by Crippen LogP contribution is 2.34. The van der Waals surface area contributed by atoms with Crippen LogP contribution in [0.1, 0.15) is 11.1 Å². The average Bonchev–Trinajstić information content (AvgIpc) is 2.72. The van der Waals surface area contributed by atoms with E-state index in [-0.39, 0.29) is 5.97 Å². The monoisotopic (exact) mass is 368 g/mol. The molecule has 0 radical (unpaired) electrons. The quantitative estimate of drug-likeness (QED) is 0.702. The largest absolute Gasteiger partial charge is 0.462 e. The van der Waals surface area contributed by atoms with E-state index < -0.39 is 5.60 Å². The summed E-state index contributed by atoms with van der Waals surface area (Å²) >= 11 is 0. The zero-order valence-corrected chi connectivity index (χ0v) is 16.1. The highest BCUT2D eigenvalue weighted by molar-refractivity contribution is 5.85. The molecule has 5 heteroatoms. The van der Waals surface area contributed by atoms with Gasteiger partial charge < -0.3 is 14.4 Å².